The molecule has 2 aromatic carbocycles. The first-order valence-electron chi connectivity index (χ1n) is 12.1. The van der Waals surface area contributed by atoms with Gasteiger partial charge in [0.25, 0.3) is 0 Å². The predicted molar refractivity (Wildman–Crippen MR) is 138 cm³/mol. The molecule has 1 aromatic heterocycles. The molecular weight excluding hydrogens is 378 g/mol. The standard InChI is InChI=1S/C28H39N3/c1-6-16-30(17-7-2)24-20-25(22(5)28(21-24)31(18-8-3)19-9-4)27-15-14-23-12-10-11-13-26(23)29-27/h10-15,20-21H,6-9,16-19H2,1-5H3. The molecule has 0 aliphatic carbocycles. The van der Waals surface area contributed by atoms with E-state index in [9.17, 15) is 0 Å². The fourth-order valence-corrected chi connectivity index (χ4v) is 4.48. The Bertz CT molecular complexity index is 967. The highest BCUT2D eigenvalue weighted by atomic mass is 15.1. The first-order valence-corrected chi connectivity index (χ1v) is 12.1. The maximum atomic E-state index is 5.05. The first kappa shape index (κ1) is 23.1. The summed E-state index contributed by atoms with van der Waals surface area (Å²) >= 11 is 0. The zero-order chi connectivity index (χ0) is 22.2. The second kappa shape index (κ2) is 11.2. The Morgan fingerprint density at radius 1 is 0.710 bits per heavy atom. The van der Waals surface area contributed by atoms with Crippen LogP contribution in [-0.2, 0) is 0 Å². The third-order valence-corrected chi connectivity index (χ3v) is 5.92. The number of fused-ring (bicyclic) bond motifs is 1. The molecule has 31 heavy (non-hydrogen) atoms. The highest BCUT2D eigenvalue weighted by Gasteiger charge is 2.17. The Balaban J connectivity index is 2.19. The molecule has 0 unspecified atom stereocenters. The van der Waals surface area contributed by atoms with Gasteiger partial charge >= 0.3 is 0 Å². The van der Waals surface area contributed by atoms with Crippen molar-refractivity contribution in [3.05, 3.63) is 54.1 Å². The minimum absolute atomic E-state index is 1.06. The molecule has 0 amide bonds. The van der Waals surface area contributed by atoms with Crippen molar-refractivity contribution in [2.24, 2.45) is 0 Å². The topological polar surface area (TPSA) is 19.4 Å². The number of pyridine rings is 1. The normalized spacial score (nSPS) is 11.1. The second-order valence-electron chi connectivity index (χ2n) is 8.50. The maximum absolute atomic E-state index is 5.05. The maximum Gasteiger partial charge on any atom is 0.0713 e. The van der Waals surface area contributed by atoms with E-state index in [-0.39, 0.29) is 0 Å². The number of hydrogen-bond donors (Lipinski definition) is 0. The van der Waals surface area contributed by atoms with Gasteiger partial charge in [-0.05, 0) is 62.4 Å². The lowest BCUT2D eigenvalue weighted by atomic mass is 9.99. The minimum atomic E-state index is 1.06. The van der Waals surface area contributed by atoms with Crippen LogP contribution in [0.4, 0.5) is 11.4 Å². The van der Waals surface area contributed by atoms with Crippen molar-refractivity contribution in [3.63, 3.8) is 0 Å². The van der Waals surface area contributed by atoms with Crippen LogP contribution in [0.15, 0.2) is 48.5 Å². The van der Waals surface area contributed by atoms with Crippen LogP contribution < -0.4 is 9.80 Å². The number of aromatic nitrogens is 1. The van der Waals surface area contributed by atoms with Crippen LogP contribution in [0.2, 0.25) is 0 Å². The molecule has 0 saturated carbocycles. The van der Waals surface area contributed by atoms with Gasteiger partial charge in [-0.25, -0.2) is 4.98 Å². The lowest BCUT2D eigenvalue weighted by molar-refractivity contribution is 0.734. The van der Waals surface area contributed by atoms with E-state index in [1.165, 1.54) is 27.9 Å². The minimum Gasteiger partial charge on any atom is -0.371 e. The van der Waals surface area contributed by atoms with Crippen LogP contribution in [0.3, 0.4) is 0 Å². The molecular formula is C28H39N3. The summed E-state index contributed by atoms with van der Waals surface area (Å²) in [6.45, 7) is 15.7. The molecule has 0 aliphatic heterocycles. The molecule has 0 atom stereocenters. The lowest BCUT2D eigenvalue weighted by Gasteiger charge is -2.31. The predicted octanol–water partition coefficient (Wildman–Crippen LogP) is 7.46. The van der Waals surface area contributed by atoms with Crippen molar-refractivity contribution in [2.75, 3.05) is 36.0 Å². The summed E-state index contributed by atoms with van der Waals surface area (Å²) in [7, 11) is 0. The van der Waals surface area contributed by atoms with Crippen LogP contribution in [0, 0.1) is 6.92 Å². The van der Waals surface area contributed by atoms with Crippen molar-refractivity contribution in [1.82, 2.24) is 4.98 Å². The smallest absolute Gasteiger partial charge is 0.0713 e. The van der Waals surface area contributed by atoms with E-state index >= 15 is 0 Å². The molecule has 0 radical (unpaired) electrons. The second-order valence-corrected chi connectivity index (χ2v) is 8.50. The van der Waals surface area contributed by atoms with Gasteiger partial charge in [0.05, 0.1) is 11.2 Å². The number of rotatable bonds is 11. The fourth-order valence-electron chi connectivity index (χ4n) is 4.48. The molecule has 3 aromatic rings. The Hall–Kier alpha value is -2.55. The Labute approximate surface area is 189 Å². The summed E-state index contributed by atoms with van der Waals surface area (Å²) in [4.78, 5) is 10.2. The molecule has 166 valence electrons. The number of hydrogen-bond acceptors (Lipinski definition) is 3. The van der Waals surface area contributed by atoms with E-state index in [0.29, 0.717) is 0 Å². The van der Waals surface area contributed by atoms with E-state index in [1.807, 2.05) is 0 Å². The lowest BCUT2D eigenvalue weighted by Crippen LogP contribution is -2.28. The average molecular weight is 418 g/mol. The monoisotopic (exact) mass is 417 g/mol. The van der Waals surface area contributed by atoms with E-state index in [1.54, 1.807) is 0 Å². The van der Waals surface area contributed by atoms with Gasteiger partial charge < -0.3 is 9.80 Å². The highest BCUT2D eigenvalue weighted by Crippen LogP contribution is 2.36. The van der Waals surface area contributed by atoms with Crippen LogP contribution in [0.5, 0.6) is 0 Å². The molecule has 3 heteroatoms. The van der Waals surface area contributed by atoms with Gasteiger partial charge in [0, 0.05) is 48.5 Å². The van der Waals surface area contributed by atoms with Gasteiger partial charge in [-0.3, -0.25) is 0 Å². The van der Waals surface area contributed by atoms with Crippen molar-refractivity contribution in [2.45, 2.75) is 60.3 Å². The highest BCUT2D eigenvalue weighted by molar-refractivity contribution is 5.84. The van der Waals surface area contributed by atoms with Gasteiger partial charge in [-0.15, -0.1) is 0 Å². The molecule has 0 spiro atoms. The number of benzene rings is 2. The van der Waals surface area contributed by atoms with E-state index in [2.05, 4.69) is 92.9 Å². The van der Waals surface area contributed by atoms with Crippen LogP contribution in [0.25, 0.3) is 22.2 Å². The molecule has 3 nitrogen and oxygen atoms in total. The molecule has 1 heterocycles. The molecule has 3 rings (SSSR count). The summed E-state index contributed by atoms with van der Waals surface area (Å²) in [6.07, 6.45) is 4.61. The van der Waals surface area contributed by atoms with E-state index in [4.69, 9.17) is 4.98 Å². The van der Waals surface area contributed by atoms with Crippen molar-refractivity contribution < 1.29 is 0 Å². The van der Waals surface area contributed by atoms with E-state index < -0.39 is 0 Å². The van der Waals surface area contributed by atoms with E-state index in [0.717, 1.165) is 63.1 Å². The molecule has 0 N–H and O–H groups in total. The van der Waals surface area contributed by atoms with Gasteiger partial charge in [0.1, 0.15) is 0 Å². The summed E-state index contributed by atoms with van der Waals surface area (Å²) in [6, 6.07) is 17.6. The SMILES string of the molecule is CCCN(CCC)c1cc(-c2ccc3ccccc3n2)c(C)c(N(CCC)CCC)c1. The summed E-state index contributed by atoms with van der Waals surface area (Å²) in [5.41, 5.74) is 7.41. The first-order chi connectivity index (χ1) is 15.1. The van der Waals surface area contributed by atoms with Crippen LogP contribution >= 0.6 is 0 Å². The van der Waals surface area contributed by atoms with Gasteiger partial charge in [-0.2, -0.15) is 0 Å². The number of para-hydroxylation sites is 1. The third kappa shape index (κ3) is 5.39. The van der Waals surface area contributed by atoms with Crippen molar-refractivity contribution in [1.29, 1.82) is 0 Å². The zero-order valence-corrected chi connectivity index (χ0v) is 20.1. The van der Waals surface area contributed by atoms with Crippen molar-refractivity contribution in [3.8, 4) is 11.3 Å². The molecule has 0 aliphatic rings. The summed E-state index contributed by atoms with van der Waals surface area (Å²) in [5, 5.41) is 1.19. The largest absolute Gasteiger partial charge is 0.371 e. The Kier molecular flexibility index (Phi) is 8.34. The zero-order valence-electron chi connectivity index (χ0n) is 20.1. The summed E-state index contributed by atoms with van der Waals surface area (Å²) < 4.78 is 0. The summed E-state index contributed by atoms with van der Waals surface area (Å²) in [5.74, 6) is 0. The molecule has 0 bridgehead atoms. The molecule has 0 saturated heterocycles. The van der Waals surface area contributed by atoms with Gasteiger partial charge in [0.15, 0.2) is 0 Å². The van der Waals surface area contributed by atoms with Gasteiger partial charge in [-0.1, -0.05) is 52.0 Å². The van der Waals surface area contributed by atoms with Crippen molar-refractivity contribution >= 4 is 22.3 Å². The Morgan fingerprint density at radius 3 is 1.97 bits per heavy atom. The van der Waals surface area contributed by atoms with Crippen LogP contribution in [-0.4, -0.2) is 31.2 Å². The fraction of sp³-hybridized carbons (Fsp3) is 0.464. The average Bonchev–Trinajstić information content (AvgIpc) is 2.79. The van der Waals surface area contributed by atoms with Crippen LogP contribution in [0.1, 0.15) is 58.9 Å². The number of nitrogens with zero attached hydrogens (tertiary/aromatic N) is 3. The Morgan fingerprint density at radius 2 is 1.32 bits per heavy atom. The quantitative estimate of drug-likeness (QED) is 0.323. The third-order valence-electron chi connectivity index (χ3n) is 5.92. The van der Waals surface area contributed by atoms with Gasteiger partial charge in [0.2, 0.25) is 0 Å². The molecule has 0 fully saturated rings. The number of anilines is 2.